The second-order valence-electron chi connectivity index (χ2n) is 3.03. The molecule has 1 aromatic carbocycles. The summed E-state index contributed by atoms with van der Waals surface area (Å²) in [7, 11) is 1.29. The number of esters is 1. The summed E-state index contributed by atoms with van der Waals surface area (Å²) >= 11 is 3.40. The van der Waals surface area contributed by atoms with Crippen molar-refractivity contribution in [2.75, 3.05) is 7.11 Å². The molecule has 0 amide bonds. The number of ether oxygens (including phenoxy) is 1. The molecule has 0 bridgehead atoms. The first kappa shape index (κ1) is 10.9. The highest BCUT2D eigenvalue weighted by atomic mass is 127. The Hall–Kier alpha value is -0.560. The van der Waals surface area contributed by atoms with Crippen LogP contribution in [0.4, 0.5) is 0 Å². The molecule has 1 unspecified atom stereocenters. The molecule has 5 heteroatoms. The average Bonchev–Trinajstić information content (AvgIpc) is 2.55. The first-order chi connectivity index (χ1) is 7.13. The quantitative estimate of drug-likeness (QED) is 0.448. The Morgan fingerprint density at radius 2 is 2.27 bits per heavy atom. The third-order valence-electron chi connectivity index (χ3n) is 2.11. The molecule has 3 nitrogen and oxygen atoms in total. The van der Waals surface area contributed by atoms with Gasteiger partial charge in [0.15, 0.2) is 11.0 Å². The van der Waals surface area contributed by atoms with Crippen LogP contribution in [0.2, 0.25) is 0 Å². The SMILES string of the molecule is COC(=O)C1Sc2ccc(I)cc2C1=O. The van der Waals surface area contributed by atoms with E-state index in [1.165, 1.54) is 18.9 Å². The standard InChI is InChI=1S/C10H7IO3S/c1-14-10(13)9-8(12)6-4-5(11)2-3-7(6)15-9/h2-4,9H,1H3. The minimum Gasteiger partial charge on any atom is -0.468 e. The van der Waals surface area contributed by atoms with Crippen molar-refractivity contribution < 1.29 is 14.3 Å². The van der Waals surface area contributed by atoms with Crippen molar-refractivity contribution in [2.45, 2.75) is 10.1 Å². The number of fused-ring (bicyclic) bond motifs is 1. The van der Waals surface area contributed by atoms with Gasteiger partial charge in [-0.1, -0.05) is 0 Å². The maximum Gasteiger partial charge on any atom is 0.327 e. The minimum absolute atomic E-state index is 0.152. The predicted octanol–water partition coefficient (Wildman–Crippen LogP) is 2.12. The zero-order chi connectivity index (χ0) is 11.0. The summed E-state index contributed by atoms with van der Waals surface area (Å²) in [6.07, 6.45) is 0. The topological polar surface area (TPSA) is 43.4 Å². The molecule has 0 fully saturated rings. The van der Waals surface area contributed by atoms with Crippen LogP contribution < -0.4 is 0 Å². The van der Waals surface area contributed by atoms with Crippen LogP contribution in [-0.2, 0) is 9.53 Å². The minimum atomic E-state index is -0.719. The summed E-state index contributed by atoms with van der Waals surface area (Å²) in [5.74, 6) is -0.628. The van der Waals surface area contributed by atoms with Crippen molar-refractivity contribution >= 4 is 46.1 Å². The summed E-state index contributed by atoms with van der Waals surface area (Å²) in [5.41, 5.74) is 0.627. The number of benzene rings is 1. The van der Waals surface area contributed by atoms with Gasteiger partial charge in [0.05, 0.1) is 7.11 Å². The van der Waals surface area contributed by atoms with E-state index in [2.05, 4.69) is 27.3 Å². The van der Waals surface area contributed by atoms with E-state index >= 15 is 0 Å². The van der Waals surface area contributed by atoms with E-state index < -0.39 is 11.2 Å². The number of Topliss-reactive ketones (excluding diaryl/α,β-unsaturated/α-hetero) is 1. The van der Waals surface area contributed by atoms with Gasteiger partial charge in [-0.2, -0.15) is 0 Å². The molecule has 1 aliphatic heterocycles. The lowest BCUT2D eigenvalue weighted by Gasteiger charge is -2.02. The van der Waals surface area contributed by atoms with Crippen molar-refractivity contribution in [1.29, 1.82) is 0 Å². The Labute approximate surface area is 105 Å². The fourth-order valence-electron chi connectivity index (χ4n) is 1.38. The molecule has 1 aromatic rings. The maximum absolute atomic E-state index is 11.8. The molecular formula is C10H7IO3S. The lowest BCUT2D eigenvalue weighted by molar-refractivity contribution is -0.138. The van der Waals surface area contributed by atoms with Crippen molar-refractivity contribution in [2.24, 2.45) is 0 Å². The van der Waals surface area contributed by atoms with Crippen molar-refractivity contribution in [3.05, 3.63) is 27.3 Å². The van der Waals surface area contributed by atoms with Gasteiger partial charge < -0.3 is 4.74 Å². The molecule has 0 aliphatic carbocycles. The summed E-state index contributed by atoms with van der Waals surface area (Å²) in [6, 6.07) is 5.58. The summed E-state index contributed by atoms with van der Waals surface area (Å²) in [5, 5.41) is -0.719. The number of hydrogen-bond acceptors (Lipinski definition) is 4. The van der Waals surface area contributed by atoms with E-state index in [9.17, 15) is 9.59 Å². The Kier molecular flexibility index (Phi) is 3.01. The fourth-order valence-corrected chi connectivity index (χ4v) is 2.99. The molecule has 0 N–H and O–H groups in total. The molecule has 2 rings (SSSR count). The van der Waals surface area contributed by atoms with Gasteiger partial charge in [0.2, 0.25) is 0 Å². The maximum atomic E-state index is 11.8. The van der Waals surface area contributed by atoms with Crippen molar-refractivity contribution in [1.82, 2.24) is 0 Å². The lowest BCUT2D eigenvalue weighted by atomic mass is 10.1. The Morgan fingerprint density at radius 1 is 1.53 bits per heavy atom. The molecule has 1 heterocycles. The van der Waals surface area contributed by atoms with E-state index in [1.54, 1.807) is 6.07 Å². The predicted molar refractivity (Wildman–Crippen MR) is 65.2 cm³/mol. The van der Waals surface area contributed by atoms with Gasteiger partial charge in [0, 0.05) is 14.0 Å². The van der Waals surface area contributed by atoms with Crippen LogP contribution >= 0.6 is 34.4 Å². The van der Waals surface area contributed by atoms with Crippen LogP contribution in [0, 0.1) is 3.57 Å². The van der Waals surface area contributed by atoms with Gasteiger partial charge in [-0.15, -0.1) is 11.8 Å². The third-order valence-corrected chi connectivity index (χ3v) is 4.03. The zero-order valence-electron chi connectivity index (χ0n) is 7.82. The van der Waals surface area contributed by atoms with Crippen LogP contribution in [-0.4, -0.2) is 24.1 Å². The number of methoxy groups -OCH3 is 1. The Bertz CT molecular complexity index is 444. The van der Waals surface area contributed by atoms with Crippen LogP contribution in [0.5, 0.6) is 0 Å². The molecular weight excluding hydrogens is 327 g/mol. The van der Waals surface area contributed by atoms with E-state index in [-0.39, 0.29) is 5.78 Å². The van der Waals surface area contributed by atoms with Gasteiger partial charge in [0.25, 0.3) is 0 Å². The highest BCUT2D eigenvalue weighted by Crippen LogP contribution is 2.38. The zero-order valence-corrected chi connectivity index (χ0v) is 10.8. The van der Waals surface area contributed by atoms with E-state index in [4.69, 9.17) is 0 Å². The van der Waals surface area contributed by atoms with Crippen LogP contribution in [0.3, 0.4) is 0 Å². The van der Waals surface area contributed by atoms with Crippen molar-refractivity contribution in [3.63, 3.8) is 0 Å². The van der Waals surface area contributed by atoms with Gasteiger partial charge in [-0.25, -0.2) is 0 Å². The molecule has 0 saturated carbocycles. The van der Waals surface area contributed by atoms with Crippen LogP contribution in [0.25, 0.3) is 0 Å². The van der Waals surface area contributed by atoms with Crippen LogP contribution in [0.1, 0.15) is 10.4 Å². The molecule has 1 aliphatic rings. The molecule has 0 saturated heterocycles. The monoisotopic (exact) mass is 334 g/mol. The van der Waals surface area contributed by atoms with Gasteiger partial charge in [-0.3, -0.25) is 9.59 Å². The average molecular weight is 334 g/mol. The number of ketones is 1. The number of halogens is 1. The van der Waals surface area contributed by atoms with E-state index in [1.807, 2.05) is 12.1 Å². The van der Waals surface area contributed by atoms with E-state index in [0.29, 0.717) is 5.56 Å². The van der Waals surface area contributed by atoms with E-state index in [0.717, 1.165) is 8.47 Å². The number of thioether (sulfide) groups is 1. The molecule has 78 valence electrons. The largest absolute Gasteiger partial charge is 0.468 e. The fraction of sp³-hybridized carbons (Fsp3) is 0.200. The number of rotatable bonds is 1. The highest BCUT2D eigenvalue weighted by Gasteiger charge is 2.37. The number of hydrogen-bond donors (Lipinski definition) is 0. The number of carbonyl (C=O) groups excluding carboxylic acids is 2. The smallest absolute Gasteiger partial charge is 0.327 e. The first-order valence-corrected chi connectivity index (χ1v) is 6.17. The number of carbonyl (C=O) groups is 2. The molecule has 0 spiro atoms. The molecule has 0 aromatic heterocycles. The highest BCUT2D eigenvalue weighted by molar-refractivity contribution is 14.1. The van der Waals surface area contributed by atoms with Crippen LogP contribution in [0.15, 0.2) is 23.1 Å². The Balaban J connectivity index is 2.38. The van der Waals surface area contributed by atoms with Crippen molar-refractivity contribution in [3.8, 4) is 0 Å². The first-order valence-electron chi connectivity index (χ1n) is 4.21. The molecule has 15 heavy (non-hydrogen) atoms. The normalized spacial score (nSPS) is 18.8. The molecule has 0 radical (unpaired) electrons. The summed E-state index contributed by atoms with van der Waals surface area (Å²) in [6.45, 7) is 0. The summed E-state index contributed by atoms with van der Waals surface area (Å²) in [4.78, 5) is 24.0. The lowest BCUT2D eigenvalue weighted by Crippen LogP contribution is -2.24. The van der Waals surface area contributed by atoms with Gasteiger partial charge in [-0.05, 0) is 40.8 Å². The van der Waals surface area contributed by atoms with Gasteiger partial charge in [0.1, 0.15) is 0 Å². The second kappa shape index (κ2) is 4.13. The second-order valence-corrected chi connectivity index (χ2v) is 5.42. The summed E-state index contributed by atoms with van der Waals surface area (Å²) < 4.78 is 5.58. The Morgan fingerprint density at radius 3 is 2.93 bits per heavy atom. The third kappa shape index (κ3) is 1.90. The van der Waals surface area contributed by atoms with Gasteiger partial charge >= 0.3 is 5.97 Å². The molecule has 1 atom stereocenters.